The van der Waals surface area contributed by atoms with Gasteiger partial charge in [0.05, 0.1) is 0 Å². The van der Waals surface area contributed by atoms with Crippen LogP contribution in [0.4, 0.5) is 0 Å². The smallest absolute Gasteiger partial charge is 0.000466 e. The van der Waals surface area contributed by atoms with Crippen molar-refractivity contribution in [3.05, 3.63) is 108 Å². The van der Waals surface area contributed by atoms with E-state index in [0.29, 0.717) is 0 Å². The minimum atomic E-state index is 1.03. The molecular formula is C26H20. The number of fused-ring (bicyclic) bond motifs is 3. The van der Waals surface area contributed by atoms with Crippen molar-refractivity contribution in [3.63, 3.8) is 0 Å². The lowest BCUT2D eigenvalue weighted by Crippen LogP contribution is -1.89. The van der Waals surface area contributed by atoms with Gasteiger partial charge in [-0.05, 0) is 69.5 Å². The van der Waals surface area contributed by atoms with E-state index in [2.05, 4.69) is 97.9 Å². The lowest BCUT2D eigenvalue weighted by molar-refractivity contribution is 1.22. The first kappa shape index (κ1) is 15.2. The summed E-state index contributed by atoms with van der Waals surface area (Å²) in [6.07, 6.45) is 1.03. The maximum absolute atomic E-state index is 2.32. The molecule has 0 N–H and O–H groups in total. The van der Waals surface area contributed by atoms with Crippen LogP contribution in [0.3, 0.4) is 0 Å². The van der Waals surface area contributed by atoms with Gasteiger partial charge in [-0.1, -0.05) is 84.9 Å². The van der Waals surface area contributed by atoms with Crippen molar-refractivity contribution in [2.45, 2.75) is 13.3 Å². The highest BCUT2D eigenvalue weighted by Crippen LogP contribution is 2.43. The molecule has 0 bridgehead atoms. The van der Waals surface area contributed by atoms with Gasteiger partial charge in [-0.3, -0.25) is 0 Å². The average molecular weight is 332 g/mol. The molecule has 1 aliphatic carbocycles. The van der Waals surface area contributed by atoms with Crippen LogP contribution in [0.2, 0.25) is 0 Å². The molecule has 0 spiro atoms. The van der Waals surface area contributed by atoms with Crippen LogP contribution in [0.25, 0.3) is 33.4 Å². The lowest BCUT2D eigenvalue weighted by atomic mass is 9.93. The number of benzene rings is 4. The maximum atomic E-state index is 2.32. The molecule has 0 atom stereocenters. The van der Waals surface area contributed by atoms with E-state index in [1.54, 1.807) is 0 Å². The zero-order valence-corrected chi connectivity index (χ0v) is 14.9. The fourth-order valence-electron chi connectivity index (χ4n) is 4.16. The number of hydrogen-bond acceptors (Lipinski definition) is 0. The van der Waals surface area contributed by atoms with Crippen LogP contribution in [-0.2, 0) is 6.42 Å². The first-order valence-electron chi connectivity index (χ1n) is 9.18. The standard InChI is InChI=1S/C26H20/c1-18-8-5-14-23-24-15-7-13-22(26(24)17-25(18)23)21-12-6-11-20(16-21)19-9-3-2-4-10-19/h2-16H,17H2,1H3. The average Bonchev–Trinajstić information content (AvgIpc) is 3.09. The summed E-state index contributed by atoms with van der Waals surface area (Å²) >= 11 is 0. The van der Waals surface area contributed by atoms with E-state index in [-0.39, 0.29) is 0 Å². The Labute approximate surface area is 154 Å². The minimum Gasteiger partial charge on any atom is -0.0622 e. The fourth-order valence-corrected chi connectivity index (χ4v) is 4.16. The Balaban J connectivity index is 1.65. The van der Waals surface area contributed by atoms with Gasteiger partial charge in [-0.15, -0.1) is 0 Å². The zero-order valence-electron chi connectivity index (χ0n) is 14.9. The van der Waals surface area contributed by atoms with Gasteiger partial charge in [-0.2, -0.15) is 0 Å². The second-order valence-corrected chi connectivity index (χ2v) is 7.06. The molecule has 0 nitrogen and oxygen atoms in total. The van der Waals surface area contributed by atoms with Gasteiger partial charge in [-0.25, -0.2) is 0 Å². The van der Waals surface area contributed by atoms with Crippen LogP contribution in [0.1, 0.15) is 16.7 Å². The highest BCUT2D eigenvalue weighted by atomic mass is 14.3. The van der Waals surface area contributed by atoms with Crippen molar-refractivity contribution in [2.24, 2.45) is 0 Å². The van der Waals surface area contributed by atoms with Gasteiger partial charge in [0, 0.05) is 0 Å². The predicted molar refractivity (Wildman–Crippen MR) is 110 cm³/mol. The molecule has 4 aromatic carbocycles. The summed E-state index contributed by atoms with van der Waals surface area (Å²) in [5.74, 6) is 0. The van der Waals surface area contributed by atoms with Crippen LogP contribution in [0.15, 0.2) is 91.0 Å². The summed E-state index contributed by atoms with van der Waals surface area (Å²) in [5.41, 5.74) is 12.3. The van der Waals surface area contributed by atoms with Crippen molar-refractivity contribution in [2.75, 3.05) is 0 Å². The molecular weight excluding hydrogens is 312 g/mol. The molecule has 0 heteroatoms. The molecule has 0 aliphatic heterocycles. The predicted octanol–water partition coefficient (Wildman–Crippen LogP) is 6.90. The third-order valence-corrected chi connectivity index (χ3v) is 5.51. The van der Waals surface area contributed by atoms with Crippen molar-refractivity contribution in [3.8, 4) is 33.4 Å². The third-order valence-electron chi connectivity index (χ3n) is 5.51. The molecule has 0 saturated heterocycles. The minimum absolute atomic E-state index is 1.03. The Morgan fingerprint density at radius 3 is 1.96 bits per heavy atom. The molecule has 0 radical (unpaired) electrons. The Morgan fingerprint density at radius 2 is 1.12 bits per heavy atom. The molecule has 1 aliphatic rings. The highest BCUT2D eigenvalue weighted by molar-refractivity contribution is 5.86. The number of hydrogen-bond donors (Lipinski definition) is 0. The van der Waals surface area contributed by atoms with Gasteiger partial charge in [0.15, 0.2) is 0 Å². The van der Waals surface area contributed by atoms with Crippen LogP contribution in [0, 0.1) is 6.92 Å². The second kappa shape index (κ2) is 6.00. The molecule has 4 aromatic rings. The largest absolute Gasteiger partial charge is 0.0622 e. The van der Waals surface area contributed by atoms with E-state index < -0.39 is 0 Å². The molecule has 0 heterocycles. The monoisotopic (exact) mass is 332 g/mol. The summed E-state index contributed by atoms with van der Waals surface area (Å²) in [7, 11) is 0. The lowest BCUT2D eigenvalue weighted by Gasteiger charge is -2.11. The third kappa shape index (κ3) is 2.38. The first-order chi connectivity index (χ1) is 12.8. The second-order valence-electron chi connectivity index (χ2n) is 7.06. The van der Waals surface area contributed by atoms with E-state index in [1.165, 1.54) is 50.1 Å². The van der Waals surface area contributed by atoms with E-state index in [4.69, 9.17) is 0 Å². The van der Waals surface area contributed by atoms with Gasteiger partial charge in [0.2, 0.25) is 0 Å². The van der Waals surface area contributed by atoms with Crippen molar-refractivity contribution in [1.82, 2.24) is 0 Å². The summed E-state index contributed by atoms with van der Waals surface area (Å²) < 4.78 is 0. The van der Waals surface area contributed by atoms with Gasteiger partial charge >= 0.3 is 0 Å². The Kier molecular flexibility index (Phi) is 3.50. The zero-order chi connectivity index (χ0) is 17.5. The van der Waals surface area contributed by atoms with E-state index in [9.17, 15) is 0 Å². The summed E-state index contributed by atoms with van der Waals surface area (Å²) in [6, 6.07) is 32.9. The Bertz CT molecular complexity index is 1100. The van der Waals surface area contributed by atoms with Crippen LogP contribution in [0.5, 0.6) is 0 Å². The Morgan fingerprint density at radius 1 is 0.500 bits per heavy atom. The van der Waals surface area contributed by atoms with Crippen LogP contribution >= 0.6 is 0 Å². The van der Waals surface area contributed by atoms with E-state index in [1.807, 2.05) is 0 Å². The molecule has 26 heavy (non-hydrogen) atoms. The van der Waals surface area contributed by atoms with Gasteiger partial charge in [0.1, 0.15) is 0 Å². The number of aryl methyl sites for hydroxylation is 1. The molecule has 0 saturated carbocycles. The number of rotatable bonds is 2. The summed E-state index contributed by atoms with van der Waals surface area (Å²) in [6.45, 7) is 2.22. The topological polar surface area (TPSA) is 0 Å². The summed E-state index contributed by atoms with van der Waals surface area (Å²) in [4.78, 5) is 0. The van der Waals surface area contributed by atoms with Crippen LogP contribution in [-0.4, -0.2) is 0 Å². The van der Waals surface area contributed by atoms with Crippen molar-refractivity contribution < 1.29 is 0 Å². The van der Waals surface area contributed by atoms with E-state index in [0.717, 1.165) is 6.42 Å². The molecule has 5 rings (SSSR count). The summed E-state index contributed by atoms with van der Waals surface area (Å²) in [5, 5.41) is 0. The molecule has 0 fully saturated rings. The van der Waals surface area contributed by atoms with Gasteiger partial charge in [0.25, 0.3) is 0 Å². The first-order valence-corrected chi connectivity index (χ1v) is 9.18. The highest BCUT2D eigenvalue weighted by Gasteiger charge is 2.22. The normalized spacial score (nSPS) is 11.9. The maximum Gasteiger partial charge on any atom is -0.000466 e. The van der Waals surface area contributed by atoms with Crippen LogP contribution < -0.4 is 0 Å². The SMILES string of the molecule is Cc1cccc2c1Cc1c(-c3cccc(-c4ccccc4)c3)cccc1-2. The molecule has 124 valence electrons. The fraction of sp³-hybridized carbons (Fsp3) is 0.0769. The quantitative estimate of drug-likeness (QED) is 0.330. The molecule has 0 aromatic heterocycles. The Hall–Kier alpha value is -3.12. The van der Waals surface area contributed by atoms with Crippen molar-refractivity contribution >= 4 is 0 Å². The van der Waals surface area contributed by atoms with E-state index >= 15 is 0 Å². The molecule has 0 amide bonds. The van der Waals surface area contributed by atoms with Gasteiger partial charge < -0.3 is 0 Å². The molecule has 0 unspecified atom stereocenters. The van der Waals surface area contributed by atoms with Crippen molar-refractivity contribution in [1.29, 1.82) is 0 Å².